The Labute approximate surface area is 136 Å². The molecule has 116 valence electrons. The fourth-order valence-electron chi connectivity index (χ4n) is 2.39. The van der Waals surface area contributed by atoms with E-state index in [9.17, 15) is 9.18 Å². The lowest BCUT2D eigenvalue weighted by molar-refractivity contribution is 0.0639. The van der Waals surface area contributed by atoms with Crippen LogP contribution in [0.25, 0.3) is 16.4 Å². The molecular formula is C16H13FN4OS. The molecule has 1 aliphatic rings. The third-order valence-corrected chi connectivity index (χ3v) is 4.62. The number of rotatable bonds is 3. The van der Waals surface area contributed by atoms with Gasteiger partial charge in [-0.1, -0.05) is 6.07 Å². The predicted molar refractivity (Wildman–Crippen MR) is 85.2 cm³/mol. The Morgan fingerprint density at radius 3 is 2.57 bits per heavy atom. The van der Waals surface area contributed by atoms with E-state index in [2.05, 4.69) is 10.1 Å². The average molecular weight is 328 g/mol. The topological polar surface area (TPSA) is 51.0 Å². The number of likely N-dealkylation sites (tertiary alicyclic amines) is 1. The lowest BCUT2D eigenvalue weighted by atomic mass is 10.2. The van der Waals surface area contributed by atoms with Crippen LogP contribution in [0.3, 0.4) is 0 Å². The lowest BCUT2D eigenvalue weighted by Gasteiger charge is -2.29. The van der Waals surface area contributed by atoms with Crippen molar-refractivity contribution in [3.63, 3.8) is 0 Å². The molecule has 0 saturated carbocycles. The molecule has 1 saturated heterocycles. The van der Waals surface area contributed by atoms with Crippen LogP contribution in [0.2, 0.25) is 0 Å². The van der Waals surface area contributed by atoms with E-state index in [4.69, 9.17) is 0 Å². The summed E-state index contributed by atoms with van der Waals surface area (Å²) >= 11 is 1.52. The van der Waals surface area contributed by atoms with Crippen molar-refractivity contribution in [1.82, 2.24) is 19.7 Å². The third kappa shape index (κ3) is 2.53. The van der Waals surface area contributed by atoms with Crippen molar-refractivity contribution in [2.45, 2.75) is 6.42 Å². The molecular weight excluding hydrogens is 315 g/mol. The Hall–Kier alpha value is -2.54. The Bertz CT molecular complexity index is 838. The molecule has 7 heteroatoms. The van der Waals surface area contributed by atoms with Gasteiger partial charge in [-0.25, -0.2) is 14.1 Å². The van der Waals surface area contributed by atoms with Crippen LogP contribution in [-0.4, -0.2) is 38.7 Å². The molecule has 0 atom stereocenters. The number of thiophene rings is 1. The van der Waals surface area contributed by atoms with E-state index in [0.29, 0.717) is 11.5 Å². The van der Waals surface area contributed by atoms with Crippen LogP contribution >= 0.6 is 11.3 Å². The average Bonchev–Trinajstić information content (AvgIpc) is 3.15. The van der Waals surface area contributed by atoms with Gasteiger partial charge < -0.3 is 4.90 Å². The zero-order valence-electron chi connectivity index (χ0n) is 12.1. The Balaban J connectivity index is 1.80. The summed E-state index contributed by atoms with van der Waals surface area (Å²) in [6, 6.07) is 9.82. The van der Waals surface area contributed by atoms with Crippen molar-refractivity contribution in [2.24, 2.45) is 0 Å². The van der Waals surface area contributed by atoms with Gasteiger partial charge in [-0.15, -0.1) is 16.4 Å². The number of nitrogens with zero attached hydrogens (tertiary/aromatic N) is 4. The molecule has 0 N–H and O–H groups in total. The molecule has 23 heavy (non-hydrogen) atoms. The zero-order valence-corrected chi connectivity index (χ0v) is 13.0. The summed E-state index contributed by atoms with van der Waals surface area (Å²) < 4.78 is 14.8. The second kappa shape index (κ2) is 5.58. The van der Waals surface area contributed by atoms with E-state index in [1.807, 2.05) is 17.5 Å². The molecule has 0 bridgehead atoms. The van der Waals surface area contributed by atoms with Crippen LogP contribution in [0.4, 0.5) is 4.39 Å². The van der Waals surface area contributed by atoms with Crippen molar-refractivity contribution in [1.29, 1.82) is 0 Å². The van der Waals surface area contributed by atoms with Gasteiger partial charge >= 0.3 is 0 Å². The van der Waals surface area contributed by atoms with Gasteiger partial charge in [-0.3, -0.25) is 4.79 Å². The summed E-state index contributed by atoms with van der Waals surface area (Å²) in [5, 5.41) is 6.31. The SMILES string of the molecule is O=C(c1nc(-c2cccs2)n(-c2ccc(F)cc2)n1)N1CCC1. The van der Waals surface area contributed by atoms with Gasteiger partial charge in [0.25, 0.3) is 5.91 Å². The first-order valence-electron chi connectivity index (χ1n) is 7.28. The molecule has 3 aromatic rings. The summed E-state index contributed by atoms with van der Waals surface area (Å²) in [5.41, 5.74) is 0.671. The van der Waals surface area contributed by atoms with Gasteiger partial charge in [0.15, 0.2) is 5.82 Å². The van der Waals surface area contributed by atoms with Gasteiger partial charge in [0, 0.05) is 13.1 Å². The fourth-order valence-corrected chi connectivity index (χ4v) is 3.09. The summed E-state index contributed by atoms with van der Waals surface area (Å²) in [4.78, 5) is 19.4. The molecule has 3 heterocycles. The van der Waals surface area contributed by atoms with Crippen molar-refractivity contribution in [3.8, 4) is 16.4 Å². The molecule has 0 aliphatic carbocycles. The van der Waals surface area contributed by atoms with Crippen LogP contribution in [-0.2, 0) is 0 Å². The quantitative estimate of drug-likeness (QED) is 0.743. The number of aromatic nitrogens is 3. The molecule has 1 amide bonds. The Morgan fingerprint density at radius 2 is 1.96 bits per heavy atom. The molecule has 1 fully saturated rings. The van der Waals surface area contributed by atoms with Gasteiger partial charge in [-0.2, -0.15) is 0 Å². The lowest BCUT2D eigenvalue weighted by Crippen LogP contribution is -2.42. The van der Waals surface area contributed by atoms with Crippen LogP contribution in [0, 0.1) is 5.82 Å². The van der Waals surface area contributed by atoms with Crippen molar-refractivity contribution in [3.05, 3.63) is 53.4 Å². The molecule has 4 rings (SSSR count). The first kappa shape index (κ1) is 14.1. The second-order valence-corrected chi connectivity index (χ2v) is 6.22. The largest absolute Gasteiger partial charge is 0.336 e. The van der Waals surface area contributed by atoms with Crippen molar-refractivity contribution < 1.29 is 9.18 Å². The predicted octanol–water partition coefficient (Wildman–Crippen LogP) is 2.98. The highest BCUT2D eigenvalue weighted by molar-refractivity contribution is 7.13. The number of halogens is 1. The molecule has 2 aromatic heterocycles. The maximum absolute atomic E-state index is 13.2. The third-order valence-electron chi connectivity index (χ3n) is 3.75. The highest BCUT2D eigenvalue weighted by Gasteiger charge is 2.27. The maximum atomic E-state index is 13.2. The molecule has 0 radical (unpaired) electrons. The zero-order chi connectivity index (χ0) is 15.8. The van der Waals surface area contributed by atoms with Gasteiger partial charge in [-0.05, 0) is 42.1 Å². The van der Waals surface area contributed by atoms with Gasteiger partial charge in [0.05, 0.1) is 10.6 Å². The van der Waals surface area contributed by atoms with Crippen molar-refractivity contribution >= 4 is 17.2 Å². The van der Waals surface area contributed by atoms with E-state index in [1.54, 1.807) is 21.7 Å². The first-order chi connectivity index (χ1) is 11.2. The van der Waals surface area contributed by atoms with Gasteiger partial charge in [0.2, 0.25) is 5.82 Å². The highest BCUT2D eigenvalue weighted by atomic mass is 32.1. The summed E-state index contributed by atoms with van der Waals surface area (Å²) in [5.74, 6) is 0.297. The van der Waals surface area contributed by atoms with Crippen LogP contribution < -0.4 is 0 Å². The number of amides is 1. The van der Waals surface area contributed by atoms with E-state index < -0.39 is 0 Å². The normalized spacial score (nSPS) is 13.9. The molecule has 5 nitrogen and oxygen atoms in total. The first-order valence-corrected chi connectivity index (χ1v) is 8.16. The molecule has 0 unspecified atom stereocenters. The number of hydrogen-bond donors (Lipinski definition) is 0. The van der Waals surface area contributed by atoms with E-state index in [-0.39, 0.29) is 17.5 Å². The molecule has 1 aliphatic heterocycles. The summed E-state index contributed by atoms with van der Waals surface area (Å²) in [6.07, 6.45) is 1.02. The number of carbonyl (C=O) groups is 1. The van der Waals surface area contributed by atoms with E-state index >= 15 is 0 Å². The van der Waals surface area contributed by atoms with E-state index in [0.717, 1.165) is 24.4 Å². The van der Waals surface area contributed by atoms with Crippen LogP contribution in [0.1, 0.15) is 17.0 Å². The number of hydrogen-bond acceptors (Lipinski definition) is 4. The molecule has 1 aromatic carbocycles. The standard InChI is InChI=1S/C16H13FN4OS/c17-11-4-6-12(7-5-11)21-15(13-3-1-10-23-13)18-14(19-21)16(22)20-8-2-9-20/h1,3-7,10H,2,8-9H2. The maximum Gasteiger partial charge on any atom is 0.293 e. The minimum Gasteiger partial charge on any atom is -0.336 e. The second-order valence-electron chi connectivity index (χ2n) is 5.27. The number of benzene rings is 1. The summed E-state index contributed by atoms with van der Waals surface area (Å²) in [7, 11) is 0. The van der Waals surface area contributed by atoms with E-state index in [1.165, 1.54) is 23.5 Å². The minimum atomic E-state index is -0.316. The Kier molecular flexibility index (Phi) is 3.42. The fraction of sp³-hybridized carbons (Fsp3) is 0.188. The van der Waals surface area contributed by atoms with Gasteiger partial charge in [0.1, 0.15) is 5.82 Å². The highest BCUT2D eigenvalue weighted by Crippen LogP contribution is 2.26. The Morgan fingerprint density at radius 1 is 1.17 bits per heavy atom. The van der Waals surface area contributed by atoms with Crippen LogP contribution in [0.5, 0.6) is 0 Å². The van der Waals surface area contributed by atoms with Crippen LogP contribution in [0.15, 0.2) is 41.8 Å². The summed E-state index contributed by atoms with van der Waals surface area (Å²) in [6.45, 7) is 1.50. The van der Waals surface area contributed by atoms with Crippen molar-refractivity contribution in [2.75, 3.05) is 13.1 Å². The minimum absolute atomic E-state index is 0.157. The number of carbonyl (C=O) groups excluding carboxylic acids is 1. The smallest absolute Gasteiger partial charge is 0.293 e. The molecule has 0 spiro atoms. The monoisotopic (exact) mass is 328 g/mol.